The van der Waals surface area contributed by atoms with Crippen LogP contribution in [-0.2, 0) is 6.54 Å². The Morgan fingerprint density at radius 3 is 2.71 bits per heavy atom. The van der Waals surface area contributed by atoms with Crippen LogP contribution in [0.4, 0.5) is 11.6 Å². The predicted octanol–water partition coefficient (Wildman–Crippen LogP) is 3.48. The molecule has 0 aliphatic heterocycles. The van der Waals surface area contributed by atoms with Gasteiger partial charge in [0.05, 0.1) is 6.54 Å². The summed E-state index contributed by atoms with van der Waals surface area (Å²) in [6, 6.07) is 4.93. The summed E-state index contributed by atoms with van der Waals surface area (Å²) in [6.45, 7) is 2.98. The molecule has 2 aliphatic rings. The fourth-order valence-corrected chi connectivity index (χ4v) is 3.38. The fraction of sp³-hybridized carbons (Fsp3) is 0.500. The van der Waals surface area contributed by atoms with Crippen molar-refractivity contribution in [3.63, 3.8) is 0 Å². The van der Waals surface area contributed by atoms with Crippen LogP contribution in [0.2, 0.25) is 0 Å². The highest BCUT2D eigenvalue weighted by Crippen LogP contribution is 2.41. The van der Waals surface area contributed by atoms with Gasteiger partial charge in [0.15, 0.2) is 0 Å². The molecular weight excluding hydrogens is 280 g/mol. The van der Waals surface area contributed by atoms with E-state index in [1.54, 1.807) is 0 Å². The van der Waals surface area contributed by atoms with Gasteiger partial charge < -0.3 is 10.6 Å². The van der Waals surface area contributed by atoms with E-state index in [4.69, 9.17) is 10.7 Å². The molecule has 110 valence electrons. The topological polar surface area (TPSA) is 55.0 Å². The largest absolute Gasteiger partial charge is 0.383 e. The second-order valence-electron chi connectivity index (χ2n) is 6.13. The van der Waals surface area contributed by atoms with Crippen LogP contribution in [0, 0.1) is 6.92 Å². The molecule has 0 unspecified atom stereocenters. The van der Waals surface area contributed by atoms with Crippen molar-refractivity contribution in [3.05, 3.63) is 33.8 Å². The first-order valence-electron chi connectivity index (χ1n) is 7.65. The normalized spacial score (nSPS) is 18.0. The lowest BCUT2D eigenvalue weighted by atomic mass is 10.2. The second-order valence-corrected chi connectivity index (χ2v) is 7.16. The van der Waals surface area contributed by atoms with E-state index in [2.05, 4.69) is 27.4 Å². The van der Waals surface area contributed by atoms with Crippen molar-refractivity contribution < 1.29 is 0 Å². The molecule has 4 rings (SSSR count). The molecule has 5 heteroatoms. The zero-order valence-corrected chi connectivity index (χ0v) is 13.1. The van der Waals surface area contributed by atoms with E-state index in [0.29, 0.717) is 17.8 Å². The number of aromatic nitrogens is 2. The van der Waals surface area contributed by atoms with Gasteiger partial charge in [0.1, 0.15) is 17.5 Å². The molecule has 2 aromatic heterocycles. The second kappa shape index (κ2) is 4.98. The quantitative estimate of drug-likeness (QED) is 0.918. The Bertz CT molecular complexity index is 645. The highest BCUT2D eigenvalue weighted by Gasteiger charge is 2.34. The minimum Gasteiger partial charge on any atom is -0.383 e. The van der Waals surface area contributed by atoms with Crippen LogP contribution in [-0.4, -0.2) is 16.0 Å². The Labute approximate surface area is 129 Å². The lowest BCUT2D eigenvalue weighted by molar-refractivity contribution is 0.767. The molecule has 2 aliphatic carbocycles. The Kier molecular flexibility index (Phi) is 3.10. The Hall–Kier alpha value is -1.62. The van der Waals surface area contributed by atoms with E-state index in [9.17, 15) is 0 Å². The molecule has 0 atom stereocenters. The number of nitrogen functional groups attached to an aromatic ring is 1. The molecule has 2 aromatic rings. The molecule has 0 aromatic carbocycles. The summed E-state index contributed by atoms with van der Waals surface area (Å²) < 4.78 is 0. The van der Waals surface area contributed by atoms with E-state index in [0.717, 1.165) is 23.8 Å². The third-order valence-corrected chi connectivity index (χ3v) is 5.14. The number of hydrogen-bond donors (Lipinski definition) is 1. The maximum absolute atomic E-state index is 6.14. The molecule has 0 bridgehead atoms. The molecule has 0 radical (unpaired) electrons. The van der Waals surface area contributed by atoms with Crippen molar-refractivity contribution in [1.29, 1.82) is 0 Å². The number of thiophene rings is 1. The monoisotopic (exact) mass is 300 g/mol. The van der Waals surface area contributed by atoms with Crippen molar-refractivity contribution in [2.75, 3.05) is 10.6 Å². The van der Waals surface area contributed by atoms with Crippen molar-refractivity contribution in [3.8, 4) is 0 Å². The van der Waals surface area contributed by atoms with Crippen LogP contribution >= 0.6 is 11.3 Å². The van der Waals surface area contributed by atoms with E-state index in [1.807, 2.05) is 18.3 Å². The number of hydrogen-bond acceptors (Lipinski definition) is 5. The predicted molar refractivity (Wildman–Crippen MR) is 86.7 cm³/mol. The summed E-state index contributed by atoms with van der Waals surface area (Å²) in [4.78, 5) is 13.2. The summed E-state index contributed by atoms with van der Waals surface area (Å²) in [6.07, 6.45) is 4.92. The van der Waals surface area contributed by atoms with E-state index < -0.39 is 0 Å². The van der Waals surface area contributed by atoms with Gasteiger partial charge in [0.25, 0.3) is 0 Å². The van der Waals surface area contributed by atoms with Crippen LogP contribution in [0.15, 0.2) is 17.5 Å². The van der Waals surface area contributed by atoms with Gasteiger partial charge in [-0.1, -0.05) is 6.07 Å². The van der Waals surface area contributed by atoms with Crippen molar-refractivity contribution in [2.45, 2.75) is 51.1 Å². The van der Waals surface area contributed by atoms with Gasteiger partial charge in [-0.05, 0) is 44.1 Å². The van der Waals surface area contributed by atoms with Gasteiger partial charge in [-0.15, -0.1) is 11.3 Å². The third-order valence-electron chi connectivity index (χ3n) is 4.28. The average Bonchev–Trinajstić information content (AvgIpc) is 3.39. The van der Waals surface area contributed by atoms with E-state index >= 15 is 0 Å². The summed E-state index contributed by atoms with van der Waals surface area (Å²) in [7, 11) is 0. The maximum atomic E-state index is 6.14. The van der Waals surface area contributed by atoms with Crippen molar-refractivity contribution in [1.82, 2.24) is 9.97 Å². The Balaban J connectivity index is 1.71. The van der Waals surface area contributed by atoms with Gasteiger partial charge >= 0.3 is 0 Å². The summed E-state index contributed by atoms with van der Waals surface area (Å²) >= 11 is 1.81. The van der Waals surface area contributed by atoms with Gasteiger partial charge in [-0.25, -0.2) is 9.97 Å². The highest BCUT2D eigenvalue weighted by molar-refractivity contribution is 7.09. The standard InChI is InChI=1S/C16H20N4S/c1-10-14(17)18-15(11-4-5-11)19-16(10)20(12-6-7-12)9-13-3-2-8-21-13/h2-3,8,11-12H,4-7,9H2,1H3,(H2,17,18,19). The first-order valence-corrected chi connectivity index (χ1v) is 8.53. The van der Waals surface area contributed by atoms with E-state index in [1.165, 1.54) is 30.6 Å². The van der Waals surface area contributed by atoms with E-state index in [-0.39, 0.29) is 0 Å². The van der Waals surface area contributed by atoms with Crippen molar-refractivity contribution >= 4 is 23.0 Å². The lowest BCUT2D eigenvalue weighted by Crippen LogP contribution is -2.27. The van der Waals surface area contributed by atoms with Gasteiger partial charge in [-0.2, -0.15) is 0 Å². The first kappa shape index (κ1) is 13.1. The van der Waals surface area contributed by atoms with Crippen molar-refractivity contribution in [2.24, 2.45) is 0 Å². The molecule has 21 heavy (non-hydrogen) atoms. The highest BCUT2D eigenvalue weighted by atomic mass is 32.1. The molecule has 2 fully saturated rings. The summed E-state index contributed by atoms with van der Waals surface area (Å²) in [5.74, 6) is 3.19. The summed E-state index contributed by atoms with van der Waals surface area (Å²) in [5.41, 5.74) is 7.17. The molecular formula is C16H20N4S. The minimum atomic E-state index is 0.537. The number of rotatable bonds is 5. The minimum absolute atomic E-state index is 0.537. The Morgan fingerprint density at radius 2 is 2.10 bits per heavy atom. The van der Waals surface area contributed by atoms with Gasteiger partial charge in [0.2, 0.25) is 0 Å². The van der Waals surface area contributed by atoms with Crippen LogP contribution < -0.4 is 10.6 Å². The lowest BCUT2D eigenvalue weighted by Gasteiger charge is -2.25. The number of anilines is 2. The molecule has 0 saturated heterocycles. The smallest absolute Gasteiger partial charge is 0.137 e. The SMILES string of the molecule is Cc1c(N)nc(C2CC2)nc1N(Cc1cccs1)C1CC1. The zero-order valence-electron chi connectivity index (χ0n) is 12.2. The summed E-state index contributed by atoms with van der Waals surface area (Å²) in [5, 5.41) is 2.14. The molecule has 2 heterocycles. The average molecular weight is 300 g/mol. The van der Waals surface area contributed by atoms with Gasteiger partial charge in [-0.3, -0.25) is 0 Å². The molecule has 2 saturated carbocycles. The molecule has 4 nitrogen and oxygen atoms in total. The Morgan fingerprint density at radius 1 is 1.29 bits per heavy atom. The van der Waals surface area contributed by atoms with Crippen LogP contribution in [0.3, 0.4) is 0 Å². The van der Waals surface area contributed by atoms with Crippen LogP contribution in [0.1, 0.15) is 47.9 Å². The van der Waals surface area contributed by atoms with Gasteiger partial charge in [0, 0.05) is 22.4 Å². The molecule has 0 spiro atoms. The molecule has 2 N–H and O–H groups in total. The zero-order chi connectivity index (χ0) is 14.4. The maximum Gasteiger partial charge on any atom is 0.137 e. The third kappa shape index (κ3) is 2.62. The number of nitrogens with zero attached hydrogens (tertiary/aromatic N) is 3. The number of nitrogens with two attached hydrogens (primary N) is 1. The van der Waals surface area contributed by atoms with Crippen LogP contribution in [0.25, 0.3) is 0 Å². The van der Waals surface area contributed by atoms with Crippen LogP contribution in [0.5, 0.6) is 0 Å². The molecule has 0 amide bonds. The first-order chi connectivity index (χ1) is 10.2. The fourth-order valence-electron chi connectivity index (χ4n) is 2.68.